The predicted molar refractivity (Wildman–Crippen MR) is 74.1 cm³/mol. The van der Waals surface area contributed by atoms with Crippen molar-refractivity contribution in [2.45, 2.75) is 51.5 Å². The van der Waals surface area contributed by atoms with Crippen molar-refractivity contribution in [3.63, 3.8) is 0 Å². The summed E-state index contributed by atoms with van der Waals surface area (Å²) in [4.78, 5) is 0. The second-order valence-electron chi connectivity index (χ2n) is 5.46. The third-order valence-electron chi connectivity index (χ3n) is 4.16. The van der Waals surface area contributed by atoms with E-state index in [9.17, 15) is 4.39 Å². The van der Waals surface area contributed by atoms with Gasteiger partial charge in [-0.1, -0.05) is 25.5 Å². The second kappa shape index (κ2) is 6.89. The Morgan fingerprint density at radius 3 is 2.67 bits per heavy atom. The highest BCUT2D eigenvalue weighted by atomic mass is 19.1. The van der Waals surface area contributed by atoms with Gasteiger partial charge in [-0.15, -0.1) is 0 Å². The van der Waals surface area contributed by atoms with Crippen molar-refractivity contribution in [3.8, 4) is 0 Å². The number of nitrogens with one attached hydrogen (secondary N) is 1. The van der Waals surface area contributed by atoms with E-state index >= 15 is 0 Å². The molecule has 1 N–H and O–H groups in total. The van der Waals surface area contributed by atoms with E-state index in [1.807, 2.05) is 6.07 Å². The van der Waals surface area contributed by atoms with Gasteiger partial charge in [0, 0.05) is 6.04 Å². The monoisotopic (exact) mass is 249 g/mol. The van der Waals surface area contributed by atoms with Crippen molar-refractivity contribution in [2.75, 3.05) is 6.54 Å². The fourth-order valence-corrected chi connectivity index (χ4v) is 2.89. The summed E-state index contributed by atoms with van der Waals surface area (Å²) in [6.07, 6.45) is 7.60. The first-order valence-electron chi connectivity index (χ1n) is 7.25. The standard InChI is InChI=1S/C16H24FN/c1-2-13-6-8-16(9-7-13)18-11-10-14-4-3-5-15(17)12-14/h3-5,12-13,16,18H,2,6-11H2,1H3. The van der Waals surface area contributed by atoms with Gasteiger partial charge in [0.2, 0.25) is 0 Å². The number of hydrogen-bond donors (Lipinski definition) is 1. The normalized spacial score (nSPS) is 24.1. The SMILES string of the molecule is CCC1CCC(NCCc2cccc(F)c2)CC1. The highest BCUT2D eigenvalue weighted by Crippen LogP contribution is 2.26. The van der Waals surface area contributed by atoms with Gasteiger partial charge in [-0.25, -0.2) is 4.39 Å². The average Bonchev–Trinajstić information content (AvgIpc) is 2.40. The lowest BCUT2D eigenvalue weighted by Crippen LogP contribution is -2.34. The quantitative estimate of drug-likeness (QED) is 0.834. The van der Waals surface area contributed by atoms with Crippen LogP contribution in [0.2, 0.25) is 0 Å². The van der Waals surface area contributed by atoms with Gasteiger partial charge in [0.25, 0.3) is 0 Å². The molecule has 100 valence electrons. The Morgan fingerprint density at radius 1 is 1.22 bits per heavy atom. The maximum atomic E-state index is 13.0. The van der Waals surface area contributed by atoms with Gasteiger partial charge < -0.3 is 5.32 Å². The molecule has 0 spiro atoms. The summed E-state index contributed by atoms with van der Waals surface area (Å²) in [7, 11) is 0. The smallest absolute Gasteiger partial charge is 0.123 e. The van der Waals surface area contributed by atoms with Crippen LogP contribution < -0.4 is 5.32 Å². The van der Waals surface area contributed by atoms with E-state index in [4.69, 9.17) is 0 Å². The summed E-state index contributed by atoms with van der Waals surface area (Å²) in [5.74, 6) is 0.822. The first kappa shape index (κ1) is 13.5. The van der Waals surface area contributed by atoms with Crippen LogP contribution in [-0.4, -0.2) is 12.6 Å². The lowest BCUT2D eigenvalue weighted by Gasteiger charge is -2.28. The highest BCUT2D eigenvalue weighted by Gasteiger charge is 2.18. The zero-order valence-corrected chi connectivity index (χ0v) is 11.3. The molecule has 1 aromatic carbocycles. The van der Waals surface area contributed by atoms with Crippen LogP contribution in [-0.2, 0) is 6.42 Å². The van der Waals surface area contributed by atoms with Crippen LogP contribution in [0.5, 0.6) is 0 Å². The van der Waals surface area contributed by atoms with Gasteiger partial charge >= 0.3 is 0 Å². The van der Waals surface area contributed by atoms with E-state index in [1.165, 1.54) is 38.2 Å². The fourth-order valence-electron chi connectivity index (χ4n) is 2.89. The Balaban J connectivity index is 1.67. The predicted octanol–water partition coefficient (Wildman–Crippen LogP) is 3.93. The minimum atomic E-state index is -0.129. The van der Waals surface area contributed by atoms with Crippen molar-refractivity contribution in [2.24, 2.45) is 5.92 Å². The van der Waals surface area contributed by atoms with Gasteiger partial charge in [0.15, 0.2) is 0 Å². The summed E-state index contributed by atoms with van der Waals surface area (Å²) in [5, 5.41) is 3.61. The summed E-state index contributed by atoms with van der Waals surface area (Å²) in [5.41, 5.74) is 1.09. The molecule has 1 fully saturated rings. The summed E-state index contributed by atoms with van der Waals surface area (Å²) in [6.45, 7) is 3.26. The van der Waals surface area contributed by atoms with E-state index in [-0.39, 0.29) is 5.82 Å². The minimum absolute atomic E-state index is 0.129. The summed E-state index contributed by atoms with van der Waals surface area (Å²) >= 11 is 0. The molecule has 0 aliphatic heterocycles. The summed E-state index contributed by atoms with van der Waals surface area (Å²) < 4.78 is 13.0. The Morgan fingerprint density at radius 2 is 2.00 bits per heavy atom. The lowest BCUT2D eigenvalue weighted by atomic mass is 9.84. The molecule has 2 rings (SSSR count). The zero-order valence-electron chi connectivity index (χ0n) is 11.3. The van der Waals surface area contributed by atoms with Crippen LogP contribution in [0.15, 0.2) is 24.3 Å². The van der Waals surface area contributed by atoms with Crippen LogP contribution in [0.3, 0.4) is 0 Å². The fraction of sp³-hybridized carbons (Fsp3) is 0.625. The van der Waals surface area contributed by atoms with E-state index in [0.717, 1.165) is 24.4 Å². The Kier molecular flexibility index (Phi) is 5.18. The van der Waals surface area contributed by atoms with Gasteiger partial charge in [-0.3, -0.25) is 0 Å². The molecule has 1 nitrogen and oxygen atoms in total. The third-order valence-corrected chi connectivity index (χ3v) is 4.16. The molecule has 0 bridgehead atoms. The topological polar surface area (TPSA) is 12.0 Å². The van der Waals surface area contributed by atoms with Crippen LogP contribution in [0.25, 0.3) is 0 Å². The van der Waals surface area contributed by atoms with Crippen LogP contribution in [0.4, 0.5) is 4.39 Å². The number of hydrogen-bond acceptors (Lipinski definition) is 1. The van der Waals surface area contributed by atoms with Gasteiger partial charge in [-0.05, 0) is 62.3 Å². The molecule has 0 radical (unpaired) electrons. The number of benzene rings is 1. The minimum Gasteiger partial charge on any atom is -0.314 e. The molecule has 2 heteroatoms. The zero-order chi connectivity index (χ0) is 12.8. The molecule has 0 unspecified atom stereocenters. The van der Waals surface area contributed by atoms with E-state index < -0.39 is 0 Å². The molecular weight excluding hydrogens is 225 g/mol. The maximum absolute atomic E-state index is 13.0. The number of halogens is 1. The largest absolute Gasteiger partial charge is 0.314 e. The van der Waals surface area contributed by atoms with Crippen LogP contribution in [0, 0.1) is 11.7 Å². The van der Waals surface area contributed by atoms with E-state index in [2.05, 4.69) is 12.2 Å². The van der Waals surface area contributed by atoms with E-state index in [0.29, 0.717) is 6.04 Å². The van der Waals surface area contributed by atoms with Gasteiger partial charge in [0.05, 0.1) is 0 Å². The number of rotatable bonds is 5. The highest BCUT2D eigenvalue weighted by molar-refractivity contribution is 5.16. The van der Waals surface area contributed by atoms with Crippen molar-refractivity contribution < 1.29 is 4.39 Å². The first-order valence-corrected chi connectivity index (χ1v) is 7.25. The Labute approximate surface area is 110 Å². The van der Waals surface area contributed by atoms with Gasteiger partial charge in [-0.2, -0.15) is 0 Å². The molecular formula is C16H24FN. The molecule has 0 aromatic heterocycles. The Hall–Kier alpha value is -0.890. The lowest BCUT2D eigenvalue weighted by molar-refractivity contribution is 0.287. The molecule has 1 aliphatic rings. The molecule has 0 saturated heterocycles. The van der Waals surface area contributed by atoms with Crippen molar-refractivity contribution in [1.29, 1.82) is 0 Å². The molecule has 1 aromatic rings. The van der Waals surface area contributed by atoms with Crippen molar-refractivity contribution in [1.82, 2.24) is 5.32 Å². The molecule has 18 heavy (non-hydrogen) atoms. The molecule has 0 heterocycles. The van der Waals surface area contributed by atoms with Gasteiger partial charge in [0.1, 0.15) is 5.82 Å². The maximum Gasteiger partial charge on any atom is 0.123 e. The molecule has 0 amide bonds. The average molecular weight is 249 g/mol. The first-order chi connectivity index (χ1) is 8.78. The van der Waals surface area contributed by atoms with Crippen LogP contribution >= 0.6 is 0 Å². The van der Waals surface area contributed by atoms with Crippen molar-refractivity contribution in [3.05, 3.63) is 35.6 Å². The summed E-state index contributed by atoms with van der Waals surface area (Å²) in [6, 6.07) is 7.61. The molecule has 1 saturated carbocycles. The van der Waals surface area contributed by atoms with E-state index in [1.54, 1.807) is 12.1 Å². The Bertz CT molecular complexity index is 356. The second-order valence-corrected chi connectivity index (χ2v) is 5.46. The van der Waals surface area contributed by atoms with Crippen molar-refractivity contribution >= 4 is 0 Å². The van der Waals surface area contributed by atoms with Crippen LogP contribution in [0.1, 0.15) is 44.6 Å². The molecule has 0 atom stereocenters. The third kappa shape index (κ3) is 4.09. The molecule has 1 aliphatic carbocycles.